The number of unbranched alkanes of at least 4 members (excludes halogenated alkanes) is 1. The second-order valence-corrected chi connectivity index (χ2v) is 12.0. The van der Waals surface area contributed by atoms with E-state index in [-0.39, 0.29) is 23.0 Å². The topological polar surface area (TPSA) is 86.8 Å². The molecule has 3 aromatic rings. The number of rotatable bonds is 12. The van der Waals surface area contributed by atoms with Gasteiger partial charge in [0, 0.05) is 18.1 Å². The van der Waals surface area contributed by atoms with Crippen molar-refractivity contribution in [2.45, 2.75) is 58.0 Å². The second kappa shape index (κ2) is 13.8. The Hall–Kier alpha value is -3.43. The van der Waals surface area contributed by atoms with Crippen LogP contribution in [0.25, 0.3) is 0 Å². The fourth-order valence-electron chi connectivity index (χ4n) is 4.11. The van der Waals surface area contributed by atoms with E-state index in [1.54, 1.807) is 38.1 Å². The highest BCUT2D eigenvalue weighted by molar-refractivity contribution is 7.92. The smallest absolute Gasteiger partial charge is 0.264 e. The van der Waals surface area contributed by atoms with Gasteiger partial charge in [0.25, 0.3) is 10.0 Å². The molecule has 2 amide bonds. The normalized spacial score (nSPS) is 12.1. The van der Waals surface area contributed by atoms with Crippen molar-refractivity contribution in [2.75, 3.05) is 17.4 Å². The Labute approximate surface area is 241 Å². The van der Waals surface area contributed by atoms with Crippen molar-refractivity contribution in [3.8, 4) is 0 Å². The third-order valence-electron chi connectivity index (χ3n) is 6.59. The van der Waals surface area contributed by atoms with Crippen LogP contribution in [0.2, 0.25) is 5.02 Å². The van der Waals surface area contributed by atoms with Gasteiger partial charge in [-0.2, -0.15) is 0 Å². The van der Waals surface area contributed by atoms with Crippen LogP contribution in [0.4, 0.5) is 10.1 Å². The Bertz CT molecular complexity index is 1430. The first-order valence-electron chi connectivity index (χ1n) is 13.1. The molecule has 1 atom stereocenters. The number of sulfonamides is 1. The van der Waals surface area contributed by atoms with E-state index in [1.165, 1.54) is 47.4 Å². The molecule has 0 aliphatic heterocycles. The van der Waals surface area contributed by atoms with Crippen LogP contribution in [0.15, 0.2) is 71.6 Å². The van der Waals surface area contributed by atoms with Crippen molar-refractivity contribution in [3.63, 3.8) is 0 Å². The van der Waals surface area contributed by atoms with Crippen molar-refractivity contribution in [3.05, 3.63) is 94.3 Å². The van der Waals surface area contributed by atoms with E-state index in [9.17, 15) is 22.4 Å². The molecule has 0 fully saturated rings. The molecule has 1 N–H and O–H groups in total. The molecular weight excluding hydrogens is 553 g/mol. The van der Waals surface area contributed by atoms with Gasteiger partial charge >= 0.3 is 0 Å². The predicted molar refractivity (Wildman–Crippen MR) is 156 cm³/mol. The molecule has 3 aromatic carbocycles. The first-order chi connectivity index (χ1) is 18.9. The molecule has 7 nitrogen and oxygen atoms in total. The summed E-state index contributed by atoms with van der Waals surface area (Å²) in [5.41, 5.74) is 2.33. The highest BCUT2D eigenvalue weighted by Crippen LogP contribution is 2.30. The van der Waals surface area contributed by atoms with Gasteiger partial charge in [0.15, 0.2) is 0 Å². The predicted octanol–water partition coefficient (Wildman–Crippen LogP) is 5.62. The molecule has 0 aliphatic carbocycles. The molecular formula is C30H35ClFN3O4S. The van der Waals surface area contributed by atoms with E-state index in [4.69, 9.17) is 11.6 Å². The van der Waals surface area contributed by atoms with Crippen LogP contribution in [-0.2, 0) is 26.2 Å². The van der Waals surface area contributed by atoms with Gasteiger partial charge in [0.2, 0.25) is 11.8 Å². The van der Waals surface area contributed by atoms with E-state index < -0.39 is 34.3 Å². The fraction of sp³-hybridized carbons (Fsp3) is 0.333. The highest BCUT2D eigenvalue weighted by atomic mass is 35.5. The van der Waals surface area contributed by atoms with Gasteiger partial charge in [-0.25, -0.2) is 12.8 Å². The number of carbonyl (C=O) groups is 2. The molecule has 0 heterocycles. The van der Waals surface area contributed by atoms with Gasteiger partial charge in [0.1, 0.15) is 18.4 Å². The Morgan fingerprint density at radius 2 is 1.65 bits per heavy atom. The second-order valence-electron chi connectivity index (χ2n) is 9.72. The van der Waals surface area contributed by atoms with E-state index in [0.29, 0.717) is 22.7 Å². The number of aryl methyl sites for hydroxylation is 2. The number of nitrogens with zero attached hydrogens (tertiary/aromatic N) is 2. The molecule has 0 aliphatic rings. The number of nitrogens with one attached hydrogen (secondary N) is 1. The minimum atomic E-state index is -4.20. The standard InChI is InChI=1S/C30H35ClFN3O4S/c1-5-6-17-33-30(37)23(4)34(19-24-10-13-26(32)14-11-24)29(36)20-35(28-18-25(31)12-9-22(28)3)40(38,39)27-15-7-21(2)8-16-27/h7-16,18,23H,5-6,17,19-20H2,1-4H3,(H,33,37)/t23-/m1/s1. The molecule has 40 heavy (non-hydrogen) atoms. The zero-order valence-electron chi connectivity index (χ0n) is 23.2. The van der Waals surface area contributed by atoms with Crippen molar-refractivity contribution in [1.29, 1.82) is 0 Å². The van der Waals surface area contributed by atoms with E-state index in [1.807, 2.05) is 13.8 Å². The van der Waals surface area contributed by atoms with Crippen LogP contribution >= 0.6 is 11.6 Å². The van der Waals surface area contributed by atoms with Crippen molar-refractivity contribution in [1.82, 2.24) is 10.2 Å². The summed E-state index contributed by atoms with van der Waals surface area (Å²) in [6, 6.07) is 15.8. The molecule has 10 heteroatoms. The minimum absolute atomic E-state index is 0.0146. The Balaban J connectivity index is 2.04. The van der Waals surface area contributed by atoms with Crippen LogP contribution in [0.5, 0.6) is 0 Å². The van der Waals surface area contributed by atoms with Crippen LogP contribution < -0.4 is 9.62 Å². The monoisotopic (exact) mass is 587 g/mol. The Morgan fingerprint density at radius 3 is 2.27 bits per heavy atom. The van der Waals surface area contributed by atoms with Crippen LogP contribution in [-0.4, -0.2) is 44.3 Å². The van der Waals surface area contributed by atoms with Gasteiger partial charge in [-0.3, -0.25) is 13.9 Å². The fourth-order valence-corrected chi connectivity index (χ4v) is 5.74. The SMILES string of the molecule is CCCCNC(=O)[C@@H](C)N(Cc1ccc(F)cc1)C(=O)CN(c1cc(Cl)ccc1C)S(=O)(=O)c1ccc(C)cc1. The van der Waals surface area contributed by atoms with Gasteiger partial charge < -0.3 is 10.2 Å². The zero-order valence-corrected chi connectivity index (χ0v) is 24.7. The summed E-state index contributed by atoms with van der Waals surface area (Å²) in [5, 5.41) is 3.14. The van der Waals surface area contributed by atoms with E-state index in [2.05, 4.69) is 5.32 Å². The third-order valence-corrected chi connectivity index (χ3v) is 8.60. The molecule has 0 bridgehead atoms. The lowest BCUT2D eigenvalue weighted by atomic mass is 10.1. The Kier molecular flexibility index (Phi) is 10.7. The Morgan fingerprint density at radius 1 is 1.00 bits per heavy atom. The van der Waals surface area contributed by atoms with Crippen LogP contribution in [0.3, 0.4) is 0 Å². The zero-order chi connectivity index (χ0) is 29.4. The molecule has 0 unspecified atom stereocenters. The number of carbonyl (C=O) groups excluding carboxylic acids is 2. The number of hydrogen-bond donors (Lipinski definition) is 1. The highest BCUT2D eigenvalue weighted by Gasteiger charge is 2.33. The summed E-state index contributed by atoms with van der Waals surface area (Å²) in [7, 11) is -4.20. The van der Waals surface area contributed by atoms with Crippen molar-refractivity contribution < 1.29 is 22.4 Å². The van der Waals surface area contributed by atoms with Crippen LogP contribution in [0.1, 0.15) is 43.4 Å². The van der Waals surface area contributed by atoms with Gasteiger partial charge in [0.05, 0.1) is 10.6 Å². The average molecular weight is 588 g/mol. The van der Waals surface area contributed by atoms with E-state index >= 15 is 0 Å². The number of amides is 2. The molecule has 0 aromatic heterocycles. The minimum Gasteiger partial charge on any atom is -0.354 e. The number of anilines is 1. The first-order valence-corrected chi connectivity index (χ1v) is 14.9. The first kappa shape index (κ1) is 31.1. The van der Waals surface area contributed by atoms with Crippen molar-refractivity contribution in [2.24, 2.45) is 0 Å². The summed E-state index contributed by atoms with van der Waals surface area (Å²) in [4.78, 5) is 28.3. The number of hydrogen-bond acceptors (Lipinski definition) is 4. The number of halogens is 2. The maximum atomic E-state index is 13.9. The summed E-state index contributed by atoms with van der Waals surface area (Å²) in [6.45, 7) is 7.02. The van der Waals surface area contributed by atoms with Crippen LogP contribution in [0, 0.1) is 19.7 Å². The number of benzene rings is 3. The molecule has 0 saturated carbocycles. The summed E-state index contributed by atoms with van der Waals surface area (Å²) in [6.07, 6.45) is 1.67. The summed E-state index contributed by atoms with van der Waals surface area (Å²) < 4.78 is 42.5. The summed E-state index contributed by atoms with van der Waals surface area (Å²) in [5.74, 6) is -1.40. The molecule has 0 spiro atoms. The largest absolute Gasteiger partial charge is 0.354 e. The van der Waals surface area contributed by atoms with Gasteiger partial charge in [-0.05, 0) is 74.7 Å². The maximum absolute atomic E-state index is 13.9. The maximum Gasteiger partial charge on any atom is 0.264 e. The van der Waals surface area contributed by atoms with Gasteiger partial charge in [-0.15, -0.1) is 0 Å². The van der Waals surface area contributed by atoms with Crippen molar-refractivity contribution >= 4 is 39.1 Å². The lowest BCUT2D eigenvalue weighted by Crippen LogP contribution is -2.51. The van der Waals surface area contributed by atoms with E-state index in [0.717, 1.165) is 22.7 Å². The molecule has 0 radical (unpaired) electrons. The average Bonchev–Trinajstić information content (AvgIpc) is 2.92. The molecule has 0 saturated heterocycles. The lowest BCUT2D eigenvalue weighted by molar-refractivity contribution is -0.139. The molecule has 3 rings (SSSR count). The summed E-state index contributed by atoms with van der Waals surface area (Å²) >= 11 is 6.25. The molecule has 214 valence electrons. The lowest BCUT2D eigenvalue weighted by Gasteiger charge is -2.32. The van der Waals surface area contributed by atoms with Gasteiger partial charge in [-0.1, -0.05) is 60.8 Å². The quantitative estimate of drug-likeness (QED) is 0.279. The third kappa shape index (κ3) is 7.82.